The van der Waals surface area contributed by atoms with E-state index in [1.54, 1.807) is 4.90 Å². The smallest absolute Gasteiger partial charge is 0.407 e. The van der Waals surface area contributed by atoms with E-state index in [0.717, 1.165) is 41.5 Å². The molecule has 5 rings (SSSR count). The third kappa shape index (κ3) is 4.43. The van der Waals surface area contributed by atoms with Crippen molar-refractivity contribution >= 4 is 18.0 Å². The summed E-state index contributed by atoms with van der Waals surface area (Å²) in [4.78, 5) is 40.3. The molecule has 1 aliphatic carbocycles. The van der Waals surface area contributed by atoms with Crippen LogP contribution in [0.15, 0.2) is 61.2 Å². The molecule has 7 nitrogen and oxygen atoms in total. The predicted molar refractivity (Wildman–Crippen MR) is 131 cm³/mol. The molecule has 2 heterocycles. The Labute approximate surface area is 205 Å². The number of alkyl carbamates (subject to hydrolysis) is 1. The number of nitrogens with zero attached hydrogens (tertiary/aromatic N) is 1. The maximum absolute atomic E-state index is 13.4. The predicted octanol–water partition coefficient (Wildman–Crippen LogP) is 4.17. The molecule has 0 spiro atoms. The van der Waals surface area contributed by atoms with Crippen LogP contribution in [-0.2, 0) is 19.1 Å². The standard InChI is InChI=1S/C28H30N2O5/c1-2-16-34-27(32)25-15-14-18-8-7-13-24(26(31)30(18)25)29-28(33)35-17-23-21-11-5-3-9-19(21)20-10-4-6-12-22(20)23/h2-6,9-12,18,23-25H,1,7-8,13-17H2,(H,29,33)/t18-,24-,25-/m0/s1. The van der Waals surface area contributed by atoms with Crippen LogP contribution in [0.5, 0.6) is 0 Å². The fraction of sp³-hybridized carbons (Fsp3) is 0.393. The highest BCUT2D eigenvalue weighted by Gasteiger charge is 2.45. The average Bonchev–Trinajstić information content (AvgIpc) is 3.40. The quantitative estimate of drug-likeness (QED) is 0.502. The number of esters is 1. The van der Waals surface area contributed by atoms with E-state index in [1.165, 1.54) is 6.08 Å². The second-order valence-corrected chi connectivity index (χ2v) is 9.36. The van der Waals surface area contributed by atoms with Crippen molar-refractivity contribution in [2.24, 2.45) is 0 Å². The van der Waals surface area contributed by atoms with Crippen molar-refractivity contribution in [2.45, 2.75) is 56.1 Å². The Balaban J connectivity index is 1.24. The molecule has 182 valence electrons. The maximum Gasteiger partial charge on any atom is 0.407 e. The summed E-state index contributed by atoms with van der Waals surface area (Å²) in [5, 5.41) is 2.78. The van der Waals surface area contributed by atoms with Gasteiger partial charge in [-0.3, -0.25) is 4.79 Å². The summed E-state index contributed by atoms with van der Waals surface area (Å²) in [5.74, 6) is -0.702. The van der Waals surface area contributed by atoms with E-state index in [-0.39, 0.29) is 31.1 Å². The van der Waals surface area contributed by atoms with Gasteiger partial charge in [0.25, 0.3) is 0 Å². The Hall–Kier alpha value is -3.61. The molecule has 0 aromatic heterocycles. The van der Waals surface area contributed by atoms with E-state index < -0.39 is 24.1 Å². The lowest BCUT2D eigenvalue weighted by molar-refractivity contribution is -0.154. The van der Waals surface area contributed by atoms with Crippen molar-refractivity contribution in [2.75, 3.05) is 13.2 Å². The Morgan fingerprint density at radius 3 is 2.34 bits per heavy atom. The monoisotopic (exact) mass is 474 g/mol. The van der Waals surface area contributed by atoms with Crippen LogP contribution in [0.1, 0.15) is 49.1 Å². The minimum Gasteiger partial charge on any atom is -0.460 e. The molecule has 0 saturated carbocycles. The highest BCUT2D eigenvalue weighted by atomic mass is 16.5. The second-order valence-electron chi connectivity index (χ2n) is 9.36. The first-order chi connectivity index (χ1) is 17.1. The third-order valence-electron chi connectivity index (χ3n) is 7.34. The molecule has 35 heavy (non-hydrogen) atoms. The molecule has 3 atom stereocenters. The van der Waals surface area contributed by atoms with Crippen molar-refractivity contribution in [1.82, 2.24) is 10.2 Å². The van der Waals surface area contributed by atoms with Gasteiger partial charge >= 0.3 is 12.1 Å². The van der Waals surface area contributed by atoms with Gasteiger partial charge in [0, 0.05) is 12.0 Å². The second kappa shape index (κ2) is 9.94. The van der Waals surface area contributed by atoms with E-state index in [9.17, 15) is 14.4 Å². The van der Waals surface area contributed by atoms with Crippen LogP contribution in [0.2, 0.25) is 0 Å². The molecular weight excluding hydrogens is 444 g/mol. The third-order valence-corrected chi connectivity index (χ3v) is 7.34. The van der Waals surface area contributed by atoms with Gasteiger partial charge in [-0.2, -0.15) is 0 Å². The lowest BCUT2D eigenvalue weighted by atomic mass is 9.98. The molecule has 2 aliphatic heterocycles. The van der Waals surface area contributed by atoms with Gasteiger partial charge in [-0.05, 0) is 54.4 Å². The molecule has 2 saturated heterocycles. The lowest BCUT2D eigenvalue weighted by Crippen LogP contribution is -2.53. The first-order valence-electron chi connectivity index (χ1n) is 12.3. The largest absolute Gasteiger partial charge is 0.460 e. The molecule has 0 unspecified atom stereocenters. The number of rotatable bonds is 6. The highest BCUT2D eigenvalue weighted by molar-refractivity contribution is 5.91. The summed E-state index contributed by atoms with van der Waals surface area (Å²) < 4.78 is 10.9. The first-order valence-corrected chi connectivity index (χ1v) is 12.3. The number of benzene rings is 2. The van der Waals surface area contributed by atoms with Crippen molar-refractivity contribution in [3.63, 3.8) is 0 Å². The Kier molecular flexibility index (Phi) is 6.57. The number of hydrogen-bond donors (Lipinski definition) is 1. The topological polar surface area (TPSA) is 84.9 Å². The highest BCUT2D eigenvalue weighted by Crippen LogP contribution is 2.44. The average molecular weight is 475 g/mol. The van der Waals surface area contributed by atoms with Gasteiger partial charge in [0.1, 0.15) is 25.3 Å². The molecule has 2 fully saturated rings. The van der Waals surface area contributed by atoms with Crippen molar-refractivity contribution in [3.8, 4) is 11.1 Å². The zero-order valence-electron chi connectivity index (χ0n) is 19.7. The molecule has 2 amide bonds. The first kappa shape index (κ1) is 23.1. The van der Waals surface area contributed by atoms with E-state index in [2.05, 4.69) is 36.2 Å². The van der Waals surface area contributed by atoms with Crippen LogP contribution in [0.25, 0.3) is 11.1 Å². The van der Waals surface area contributed by atoms with Crippen LogP contribution in [0.4, 0.5) is 4.79 Å². The minimum absolute atomic E-state index is 0.00177. The molecule has 0 bridgehead atoms. The number of fused-ring (bicyclic) bond motifs is 4. The fourth-order valence-electron chi connectivity index (χ4n) is 5.75. The van der Waals surface area contributed by atoms with Gasteiger partial charge in [0.15, 0.2) is 0 Å². The molecule has 7 heteroatoms. The Morgan fingerprint density at radius 1 is 0.971 bits per heavy atom. The van der Waals surface area contributed by atoms with Crippen LogP contribution >= 0.6 is 0 Å². The maximum atomic E-state index is 13.4. The van der Waals surface area contributed by atoms with Crippen molar-refractivity contribution in [3.05, 3.63) is 72.3 Å². The molecule has 2 aromatic rings. The number of carbonyl (C=O) groups is 3. The van der Waals surface area contributed by atoms with Crippen LogP contribution in [0, 0.1) is 0 Å². The summed E-state index contributed by atoms with van der Waals surface area (Å²) in [7, 11) is 0. The molecular formula is C28H30N2O5. The molecule has 0 radical (unpaired) electrons. The number of ether oxygens (including phenoxy) is 2. The Bertz CT molecular complexity index is 1100. The van der Waals surface area contributed by atoms with Gasteiger partial charge in [0.2, 0.25) is 5.91 Å². The van der Waals surface area contributed by atoms with E-state index >= 15 is 0 Å². The summed E-state index contributed by atoms with van der Waals surface area (Å²) in [5.41, 5.74) is 4.58. The number of nitrogens with one attached hydrogen (secondary N) is 1. The number of amides is 2. The minimum atomic E-state index is -0.719. The van der Waals surface area contributed by atoms with Gasteiger partial charge < -0.3 is 19.7 Å². The van der Waals surface area contributed by atoms with E-state index in [4.69, 9.17) is 9.47 Å². The zero-order valence-corrected chi connectivity index (χ0v) is 19.7. The van der Waals surface area contributed by atoms with Crippen molar-refractivity contribution in [1.29, 1.82) is 0 Å². The Morgan fingerprint density at radius 2 is 1.66 bits per heavy atom. The number of carbonyl (C=O) groups excluding carboxylic acids is 3. The van der Waals surface area contributed by atoms with Gasteiger partial charge in [0.05, 0.1) is 0 Å². The number of hydrogen-bond acceptors (Lipinski definition) is 5. The normalized spacial score (nSPS) is 23.0. The van der Waals surface area contributed by atoms with Crippen LogP contribution in [-0.4, -0.2) is 54.2 Å². The summed E-state index contributed by atoms with van der Waals surface area (Å²) in [6.07, 6.45) is 4.34. The van der Waals surface area contributed by atoms with Gasteiger partial charge in [-0.25, -0.2) is 9.59 Å². The molecule has 3 aliphatic rings. The lowest BCUT2D eigenvalue weighted by Gasteiger charge is -2.29. The zero-order chi connectivity index (χ0) is 24.4. The summed E-state index contributed by atoms with van der Waals surface area (Å²) in [6.45, 7) is 3.87. The van der Waals surface area contributed by atoms with Crippen LogP contribution < -0.4 is 5.32 Å². The van der Waals surface area contributed by atoms with Gasteiger partial charge in [-0.15, -0.1) is 0 Å². The molecule has 1 N–H and O–H groups in total. The molecule has 2 aromatic carbocycles. The summed E-state index contributed by atoms with van der Waals surface area (Å²) >= 11 is 0. The van der Waals surface area contributed by atoms with Crippen LogP contribution in [0.3, 0.4) is 0 Å². The van der Waals surface area contributed by atoms with E-state index in [0.29, 0.717) is 12.8 Å². The SMILES string of the molecule is C=CCOC(=O)[C@@H]1CC[C@@H]2CCC[C@H](NC(=O)OCC3c4ccccc4-c4ccccc43)C(=O)N21. The van der Waals surface area contributed by atoms with Crippen molar-refractivity contribution < 1.29 is 23.9 Å². The van der Waals surface area contributed by atoms with Gasteiger partial charge in [-0.1, -0.05) is 61.2 Å². The fourth-order valence-corrected chi connectivity index (χ4v) is 5.75. The summed E-state index contributed by atoms with van der Waals surface area (Å²) in [6, 6.07) is 15.0. The van der Waals surface area contributed by atoms with E-state index in [1.807, 2.05) is 24.3 Å².